The van der Waals surface area contributed by atoms with Crippen LogP contribution in [0.3, 0.4) is 0 Å². The molecule has 2 aromatic rings. The van der Waals surface area contributed by atoms with Crippen LogP contribution >= 0.6 is 0 Å². The molecule has 0 unspecified atom stereocenters. The average Bonchev–Trinajstić information content (AvgIpc) is 2.89. The monoisotopic (exact) mass is 245 g/mol. The summed E-state index contributed by atoms with van der Waals surface area (Å²) in [5.74, 6) is 0.724. The third kappa shape index (κ3) is 2.41. The van der Waals surface area contributed by atoms with Gasteiger partial charge in [-0.3, -0.25) is 9.78 Å². The number of anilines is 1. The van der Waals surface area contributed by atoms with Crippen LogP contribution in [0.1, 0.15) is 23.2 Å². The number of amides is 1. The quantitative estimate of drug-likeness (QED) is 0.891. The summed E-state index contributed by atoms with van der Waals surface area (Å²) < 4.78 is 5.37. The molecule has 0 saturated heterocycles. The van der Waals surface area contributed by atoms with Gasteiger partial charge in [0.05, 0.1) is 6.54 Å². The van der Waals surface area contributed by atoms with E-state index in [1.54, 1.807) is 41.6 Å². The predicted molar refractivity (Wildman–Crippen MR) is 68.2 cm³/mol. The van der Waals surface area contributed by atoms with Crippen LogP contribution in [0.2, 0.25) is 0 Å². The summed E-state index contributed by atoms with van der Waals surface area (Å²) in [5.41, 5.74) is 6.25. The number of nitrogens with two attached hydrogens (primary N) is 1. The van der Waals surface area contributed by atoms with Crippen molar-refractivity contribution in [2.75, 3.05) is 11.4 Å². The molecule has 0 spiro atoms. The van der Waals surface area contributed by atoms with E-state index in [4.69, 9.17) is 10.2 Å². The number of nitrogens with zero attached hydrogens (tertiary/aromatic N) is 2. The van der Waals surface area contributed by atoms with Gasteiger partial charge in [-0.25, -0.2) is 0 Å². The summed E-state index contributed by atoms with van der Waals surface area (Å²) in [5, 5.41) is 0. The Labute approximate surface area is 105 Å². The Hall–Kier alpha value is -2.14. The van der Waals surface area contributed by atoms with Gasteiger partial charge < -0.3 is 15.1 Å². The van der Waals surface area contributed by atoms with Gasteiger partial charge in [-0.1, -0.05) is 0 Å². The van der Waals surface area contributed by atoms with Crippen molar-refractivity contribution in [3.8, 4) is 0 Å². The molecule has 0 aliphatic heterocycles. The Bertz CT molecular complexity index is 522. The first-order valence-electron chi connectivity index (χ1n) is 5.77. The molecular formula is C13H15N3O2. The second-order valence-corrected chi connectivity index (χ2v) is 3.72. The van der Waals surface area contributed by atoms with Crippen molar-refractivity contribution in [1.29, 1.82) is 0 Å². The normalized spacial score (nSPS) is 10.3. The first-order chi connectivity index (χ1) is 8.76. The lowest BCUT2D eigenvalue weighted by Crippen LogP contribution is -2.30. The number of carbonyl (C=O) groups is 1. The van der Waals surface area contributed by atoms with Gasteiger partial charge in [-0.2, -0.15) is 0 Å². The van der Waals surface area contributed by atoms with Gasteiger partial charge in [0.1, 0.15) is 5.76 Å². The van der Waals surface area contributed by atoms with E-state index >= 15 is 0 Å². The molecule has 18 heavy (non-hydrogen) atoms. The lowest BCUT2D eigenvalue weighted by molar-refractivity contribution is 0.0960. The molecule has 0 radical (unpaired) electrons. The van der Waals surface area contributed by atoms with Gasteiger partial charge in [-0.05, 0) is 31.2 Å². The molecule has 0 aromatic carbocycles. The van der Waals surface area contributed by atoms with E-state index in [0.29, 0.717) is 18.1 Å². The van der Waals surface area contributed by atoms with Crippen LogP contribution in [0.5, 0.6) is 0 Å². The van der Waals surface area contributed by atoms with Crippen molar-refractivity contribution >= 4 is 11.6 Å². The summed E-state index contributed by atoms with van der Waals surface area (Å²) in [6.07, 6.45) is 3.30. The maximum Gasteiger partial charge on any atom is 0.293 e. The molecule has 94 valence electrons. The maximum absolute atomic E-state index is 12.3. The van der Waals surface area contributed by atoms with Crippen molar-refractivity contribution in [2.24, 2.45) is 5.73 Å². The molecule has 2 aromatic heterocycles. The molecule has 2 rings (SSSR count). The topological polar surface area (TPSA) is 72.4 Å². The van der Waals surface area contributed by atoms with Crippen molar-refractivity contribution in [3.05, 3.63) is 48.2 Å². The fraction of sp³-hybridized carbons (Fsp3) is 0.231. The standard InChI is InChI=1S/C13H15N3O2/c1-2-16(10-5-7-15-8-6-10)13(17)12-4-3-11(9-14)18-12/h3-8H,2,9,14H2,1H3. The first kappa shape index (κ1) is 12.3. The fourth-order valence-electron chi connectivity index (χ4n) is 1.70. The minimum Gasteiger partial charge on any atom is -0.455 e. The van der Waals surface area contributed by atoms with Gasteiger partial charge in [-0.15, -0.1) is 0 Å². The lowest BCUT2D eigenvalue weighted by atomic mass is 10.3. The number of aromatic nitrogens is 1. The van der Waals surface area contributed by atoms with E-state index in [0.717, 1.165) is 5.69 Å². The van der Waals surface area contributed by atoms with Gasteiger partial charge in [0.15, 0.2) is 5.76 Å². The SMILES string of the molecule is CCN(C(=O)c1ccc(CN)o1)c1ccncc1. The second-order valence-electron chi connectivity index (χ2n) is 3.72. The molecule has 0 aliphatic carbocycles. The minimum absolute atomic E-state index is 0.177. The van der Waals surface area contributed by atoms with Crippen molar-refractivity contribution < 1.29 is 9.21 Å². The summed E-state index contributed by atoms with van der Waals surface area (Å²) >= 11 is 0. The smallest absolute Gasteiger partial charge is 0.293 e. The van der Waals surface area contributed by atoms with Crippen LogP contribution in [-0.2, 0) is 6.54 Å². The third-order valence-electron chi connectivity index (χ3n) is 2.61. The number of hydrogen-bond donors (Lipinski definition) is 1. The fourth-order valence-corrected chi connectivity index (χ4v) is 1.70. The van der Waals surface area contributed by atoms with Gasteiger partial charge in [0, 0.05) is 24.6 Å². The average molecular weight is 245 g/mol. The lowest BCUT2D eigenvalue weighted by Gasteiger charge is -2.19. The summed E-state index contributed by atoms with van der Waals surface area (Å²) in [6, 6.07) is 6.93. The van der Waals surface area contributed by atoms with E-state index in [9.17, 15) is 4.79 Å². The Morgan fingerprint density at radius 3 is 2.61 bits per heavy atom. The number of furan rings is 1. The molecule has 0 bridgehead atoms. The zero-order valence-electron chi connectivity index (χ0n) is 10.2. The largest absolute Gasteiger partial charge is 0.455 e. The highest BCUT2D eigenvalue weighted by atomic mass is 16.4. The first-order valence-corrected chi connectivity index (χ1v) is 5.77. The second kappa shape index (κ2) is 5.46. The Balaban J connectivity index is 2.25. The van der Waals surface area contributed by atoms with Gasteiger partial charge >= 0.3 is 0 Å². The van der Waals surface area contributed by atoms with E-state index < -0.39 is 0 Å². The van der Waals surface area contributed by atoms with Crippen LogP contribution in [-0.4, -0.2) is 17.4 Å². The molecule has 0 saturated carbocycles. The number of carbonyl (C=O) groups excluding carboxylic acids is 1. The molecular weight excluding hydrogens is 230 g/mol. The molecule has 2 N–H and O–H groups in total. The maximum atomic E-state index is 12.3. The van der Waals surface area contributed by atoms with Gasteiger partial charge in [0.2, 0.25) is 0 Å². The van der Waals surface area contributed by atoms with E-state index in [-0.39, 0.29) is 12.5 Å². The van der Waals surface area contributed by atoms with Gasteiger partial charge in [0.25, 0.3) is 5.91 Å². The molecule has 2 heterocycles. The highest BCUT2D eigenvalue weighted by molar-refractivity contribution is 6.04. The highest BCUT2D eigenvalue weighted by Crippen LogP contribution is 2.17. The molecule has 0 fully saturated rings. The van der Waals surface area contributed by atoms with E-state index in [1.807, 2.05) is 6.92 Å². The van der Waals surface area contributed by atoms with E-state index in [2.05, 4.69) is 4.98 Å². The summed E-state index contributed by atoms with van der Waals surface area (Å²) in [6.45, 7) is 2.75. The zero-order chi connectivity index (χ0) is 13.0. The minimum atomic E-state index is -0.177. The van der Waals surface area contributed by atoms with Crippen LogP contribution in [0, 0.1) is 0 Å². The Kier molecular flexibility index (Phi) is 3.74. The Morgan fingerprint density at radius 1 is 1.33 bits per heavy atom. The zero-order valence-corrected chi connectivity index (χ0v) is 10.2. The summed E-state index contributed by atoms with van der Waals surface area (Å²) in [4.78, 5) is 17.8. The van der Waals surface area contributed by atoms with Crippen LogP contribution in [0.15, 0.2) is 41.1 Å². The van der Waals surface area contributed by atoms with Crippen LogP contribution in [0.25, 0.3) is 0 Å². The molecule has 0 atom stereocenters. The van der Waals surface area contributed by atoms with Crippen molar-refractivity contribution in [3.63, 3.8) is 0 Å². The highest BCUT2D eigenvalue weighted by Gasteiger charge is 2.19. The molecule has 5 nitrogen and oxygen atoms in total. The number of hydrogen-bond acceptors (Lipinski definition) is 4. The van der Waals surface area contributed by atoms with Crippen LogP contribution < -0.4 is 10.6 Å². The summed E-state index contributed by atoms with van der Waals surface area (Å²) in [7, 11) is 0. The molecule has 1 amide bonds. The number of pyridine rings is 1. The third-order valence-corrected chi connectivity index (χ3v) is 2.61. The van der Waals surface area contributed by atoms with E-state index in [1.165, 1.54) is 0 Å². The predicted octanol–water partition coefficient (Wildman–Crippen LogP) is 1.80. The Morgan fingerprint density at radius 2 is 2.06 bits per heavy atom. The van der Waals surface area contributed by atoms with Crippen LogP contribution in [0.4, 0.5) is 5.69 Å². The van der Waals surface area contributed by atoms with Crippen molar-refractivity contribution in [1.82, 2.24) is 4.98 Å². The van der Waals surface area contributed by atoms with Crippen molar-refractivity contribution in [2.45, 2.75) is 13.5 Å². The molecule has 5 heteroatoms. The molecule has 0 aliphatic rings. The number of rotatable bonds is 4.